The number of hydrogen-bond acceptors (Lipinski definition) is 5. The van der Waals surface area contributed by atoms with Gasteiger partial charge in [0.1, 0.15) is 0 Å². The Hall–Kier alpha value is -5.16. The number of piperazine rings is 1. The van der Waals surface area contributed by atoms with Crippen molar-refractivity contribution in [1.29, 1.82) is 5.26 Å². The van der Waals surface area contributed by atoms with Gasteiger partial charge in [0.25, 0.3) is 5.91 Å². The molecule has 2 aromatic heterocycles. The maximum absolute atomic E-state index is 13.5. The average Bonchev–Trinajstić information content (AvgIpc) is 3.67. The molecule has 5 aromatic rings. The summed E-state index contributed by atoms with van der Waals surface area (Å²) < 4.78 is 1.84. The zero-order valence-electron chi connectivity index (χ0n) is 20.7. The average molecular weight is 500 g/mol. The van der Waals surface area contributed by atoms with Crippen LogP contribution in [0.25, 0.3) is 28.2 Å². The highest BCUT2D eigenvalue weighted by atomic mass is 16.2. The number of nitriles is 1. The molecule has 1 saturated heterocycles. The SMILES string of the molecule is N#Cc1ccc(-c2cc(N3CCN(C(=O)c4cc(-c5ccccc5)n(-c5ccccc5)n4)CC3)n[nH]2)cc1. The zero-order chi connectivity index (χ0) is 25.9. The van der Waals surface area contributed by atoms with Crippen molar-refractivity contribution in [2.75, 3.05) is 31.1 Å². The van der Waals surface area contributed by atoms with E-state index < -0.39 is 0 Å². The van der Waals surface area contributed by atoms with Crippen molar-refractivity contribution in [3.05, 3.63) is 108 Å². The Morgan fingerprint density at radius 1 is 0.816 bits per heavy atom. The second kappa shape index (κ2) is 10.1. The Morgan fingerprint density at radius 3 is 2.18 bits per heavy atom. The number of hydrogen-bond donors (Lipinski definition) is 1. The highest BCUT2D eigenvalue weighted by Crippen LogP contribution is 2.26. The summed E-state index contributed by atoms with van der Waals surface area (Å²) in [6.45, 7) is 2.51. The van der Waals surface area contributed by atoms with Crippen LogP contribution >= 0.6 is 0 Å². The third kappa shape index (κ3) is 4.53. The van der Waals surface area contributed by atoms with Crippen LogP contribution in [0.5, 0.6) is 0 Å². The summed E-state index contributed by atoms with van der Waals surface area (Å²) in [5, 5.41) is 21.3. The molecule has 0 bridgehead atoms. The number of aromatic amines is 1. The fourth-order valence-corrected chi connectivity index (χ4v) is 4.71. The molecular formula is C30H25N7O. The summed E-state index contributed by atoms with van der Waals surface area (Å²) in [6, 6.07) is 33.3. The van der Waals surface area contributed by atoms with Crippen LogP contribution in [0.15, 0.2) is 97.1 Å². The largest absolute Gasteiger partial charge is 0.352 e. The Labute approximate surface area is 220 Å². The molecule has 1 aliphatic heterocycles. The van der Waals surface area contributed by atoms with Gasteiger partial charge in [-0.3, -0.25) is 9.89 Å². The molecule has 8 nitrogen and oxygen atoms in total. The first kappa shape index (κ1) is 23.3. The van der Waals surface area contributed by atoms with Crippen LogP contribution < -0.4 is 4.90 Å². The first-order valence-electron chi connectivity index (χ1n) is 12.5. The highest BCUT2D eigenvalue weighted by molar-refractivity contribution is 5.94. The molecule has 38 heavy (non-hydrogen) atoms. The Balaban J connectivity index is 1.18. The number of H-pyrrole nitrogens is 1. The number of amides is 1. The molecule has 3 heterocycles. The Kier molecular flexibility index (Phi) is 6.16. The number of carbonyl (C=O) groups excluding carboxylic acids is 1. The van der Waals surface area contributed by atoms with E-state index >= 15 is 0 Å². The number of aromatic nitrogens is 4. The lowest BCUT2D eigenvalue weighted by Crippen LogP contribution is -2.49. The van der Waals surface area contributed by atoms with E-state index in [4.69, 9.17) is 10.4 Å². The van der Waals surface area contributed by atoms with Crippen LogP contribution in [0.2, 0.25) is 0 Å². The summed E-state index contributed by atoms with van der Waals surface area (Å²) in [5.74, 6) is 0.771. The fourth-order valence-electron chi connectivity index (χ4n) is 4.71. The molecule has 0 saturated carbocycles. The van der Waals surface area contributed by atoms with Crippen molar-refractivity contribution >= 4 is 11.7 Å². The van der Waals surface area contributed by atoms with Gasteiger partial charge in [0.2, 0.25) is 0 Å². The topological polar surface area (TPSA) is 93.8 Å². The number of para-hydroxylation sites is 1. The van der Waals surface area contributed by atoms with Crippen LogP contribution in [0.1, 0.15) is 16.1 Å². The zero-order valence-corrected chi connectivity index (χ0v) is 20.7. The fraction of sp³-hybridized carbons (Fsp3) is 0.133. The lowest BCUT2D eigenvalue weighted by molar-refractivity contribution is 0.0740. The van der Waals surface area contributed by atoms with Crippen LogP contribution in [-0.4, -0.2) is 57.0 Å². The smallest absolute Gasteiger partial charge is 0.274 e. The highest BCUT2D eigenvalue weighted by Gasteiger charge is 2.26. The van der Waals surface area contributed by atoms with E-state index in [1.807, 2.05) is 94.5 Å². The molecule has 1 N–H and O–H groups in total. The van der Waals surface area contributed by atoms with E-state index in [9.17, 15) is 4.79 Å². The van der Waals surface area contributed by atoms with Crippen LogP contribution in [0.3, 0.4) is 0 Å². The lowest BCUT2D eigenvalue weighted by Gasteiger charge is -2.34. The van der Waals surface area contributed by atoms with E-state index in [0.29, 0.717) is 37.4 Å². The third-order valence-corrected chi connectivity index (χ3v) is 6.78. The van der Waals surface area contributed by atoms with Crippen molar-refractivity contribution < 1.29 is 4.79 Å². The summed E-state index contributed by atoms with van der Waals surface area (Å²) in [4.78, 5) is 17.5. The second-order valence-electron chi connectivity index (χ2n) is 9.14. The minimum atomic E-state index is -0.0724. The predicted octanol–water partition coefficient (Wildman–Crippen LogP) is 4.76. The summed E-state index contributed by atoms with van der Waals surface area (Å²) >= 11 is 0. The van der Waals surface area contributed by atoms with Crippen LogP contribution in [0.4, 0.5) is 5.82 Å². The molecule has 0 radical (unpaired) electrons. The number of rotatable bonds is 5. The van der Waals surface area contributed by atoms with Crippen molar-refractivity contribution in [3.63, 3.8) is 0 Å². The van der Waals surface area contributed by atoms with Gasteiger partial charge in [-0.1, -0.05) is 60.7 Å². The first-order valence-corrected chi connectivity index (χ1v) is 12.5. The normalized spacial score (nSPS) is 13.3. The maximum Gasteiger partial charge on any atom is 0.274 e. The first-order chi connectivity index (χ1) is 18.7. The number of benzene rings is 3. The molecule has 0 spiro atoms. The predicted molar refractivity (Wildman–Crippen MR) is 146 cm³/mol. The van der Waals surface area contributed by atoms with Crippen molar-refractivity contribution in [1.82, 2.24) is 24.9 Å². The molecule has 186 valence electrons. The summed E-state index contributed by atoms with van der Waals surface area (Å²) in [5.41, 5.74) is 5.72. The lowest BCUT2D eigenvalue weighted by atomic mass is 10.1. The van der Waals surface area contributed by atoms with E-state index in [1.165, 1.54) is 0 Å². The van der Waals surface area contributed by atoms with Gasteiger partial charge < -0.3 is 9.80 Å². The Bertz CT molecular complexity index is 1530. The number of nitrogens with zero attached hydrogens (tertiary/aromatic N) is 6. The molecule has 0 unspecified atom stereocenters. The maximum atomic E-state index is 13.5. The van der Waals surface area contributed by atoms with Gasteiger partial charge in [0.05, 0.1) is 28.7 Å². The number of nitrogens with one attached hydrogen (secondary N) is 1. The quantitative estimate of drug-likeness (QED) is 0.376. The summed E-state index contributed by atoms with van der Waals surface area (Å²) in [6.07, 6.45) is 0. The van der Waals surface area contributed by atoms with Crippen LogP contribution in [-0.2, 0) is 0 Å². The molecule has 0 atom stereocenters. The van der Waals surface area contributed by atoms with Gasteiger partial charge in [-0.2, -0.15) is 15.5 Å². The van der Waals surface area contributed by atoms with E-state index in [2.05, 4.69) is 21.2 Å². The number of anilines is 1. The van der Waals surface area contributed by atoms with Gasteiger partial charge in [0, 0.05) is 37.8 Å². The van der Waals surface area contributed by atoms with Crippen molar-refractivity contribution in [2.45, 2.75) is 0 Å². The minimum Gasteiger partial charge on any atom is -0.352 e. The van der Waals surface area contributed by atoms with Gasteiger partial charge in [-0.15, -0.1) is 0 Å². The molecule has 1 amide bonds. The van der Waals surface area contributed by atoms with Crippen molar-refractivity contribution in [2.24, 2.45) is 0 Å². The van der Waals surface area contributed by atoms with Crippen molar-refractivity contribution in [3.8, 4) is 34.3 Å². The standard InChI is InChI=1S/C30H25N7O/c31-21-22-11-13-23(14-12-22)26-20-29(33-32-26)35-15-17-36(18-16-35)30(38)27-19-28(24-7-3-1-4-8-24)37(34-27)25-9-5-2-6-10-25/h1-14,19-20H,15-18H2,(H,32,33). The molecule has 0 aliphatic carbocycles. The number of carbonyl (C=O) groups is 1. The summed E-state index contributed by atoms with van der Waals surface area (Å²) in [7, 11) is 0. The van der Waals surface area contributed by atoms with E-state index in [1.54, 1.807) is 12.1 Å². The molecule has 3 aromatic carbocycles. The molecule has 1 fully saturated rings. The molecule has 6 rings (SSSR count). The molecule has 1 aliphatic rings. The van der Waals surface area contributed by atoms with Crippen LogP contribution in [0, 0.1) is 11.3 Å². The monoisotopic (exact) mass is 499 g/mol. The van der Waals surface area contributed by atoms with Gasteiger partial charge in [-0.25, -0.2) is 4.68 Å². The second-order valence-corrected chi connectivity index (χ2v) is 9.14. The van der Waals surface area contributed by atoms with E-state index in [-0.39, 0.29) is 5.91 Å². The van der Waals surface area contributed by atoms with E-state index in [0.717, 1.165) is 34.0 Å². The minimum absolute atomic E-state index is 0.0724. The Morgan fingerprint density at radius 2 is 1.50 bits per heavy atom. The molecule has 8 heteroatoms. The van der Waals surface area contributed by atoms with Gasteiger partial charge >= 0.3 is 0 Å². The molecular weight excluding hydrogens is 474 g/mol. The van der Waals surface area contributed by atoms with Gasteiger partial charge in [0.15, 0.2) is 11.5 Å². The third-order valence-electron chi connectivity index (χ3n) is 6.78. The van der Waals surface area contributed by atoms with Gasteiger partial charge in [-0.05, 0) is 35.9 Å².